The number of methoxy groups -OCH3 is 1. The normalized spacial score (nSPS) is 10.5. The third kappa shape index (κ3) is 3.78. The van der Waals surface area contributed by atoms with Crippen LogP contribution in [0.25, 0.3) is 0 Å². The molecule has 0 fully saturated rings. The Labute approximate surface area is 110 Å². The summed E-state index contributed by atoms with van der Waals surface area (Å²) in [5, 5.41) is 3.63. The van der Waals surface area contributed by atoms with Crippen molar-refractivity contribution in [2.75, 3.05) is 39.6 Å². The van der Waals surface area contributed by atoms with E-state index in [-0.39, 0.29) is 11.5 Å². The second-order valence-corrected chi connectivity index (χ2v) is 4.97. The van der Waals surface area contributed by atoms with E-state index >= 15 is 0 Å². The number of esters is 1. The predicted molar refractivity (Wildman–Crippen MR) is 70.5 cm³/mol. The van der Waals surface area contributed by atoms with E-state index in [4.69, 9.17) is 0 Å². The van der Waals surface area contributed by atoms with Crippen molar-refractivity contribution in [2.24, 2.45) is 0 Å². The van der Waals surface area contributed by atoms with E-state index in [1.54, 1.807) is 0 Å². The lowest BCUT2D eigenvalue weighted by atomic mass is 10.3. The zero-order valence-corrected chi connectivity index (χ0v) is 11.8. The summed E-state index contributed by atoms with van der Waals surface area (Å²) in [7, 11) is 5.19. The van der Waals surface area contributed by atoms with Crippen molar-refractivity contribution in [3.8, 4) is 0 Å². The monoisotopic (exact) mass is 271 g/mol. The summed E-state index contributed by atoms with van der Waals surface area (Å²) < 4.78 is 4.60. The summed E-state index contributed by atoms with van der Waals surface area (Å²) in [6, 6.07) is 0. The number of likely N-dealkylation sites (N-methyl/N-ethyl adjacent to an activating group) is 1. The molecule has 0 unspecified atom stereocenters. The van der Waals surface area contributed by atoms with Gasteiger partial charge in [-0.25, -0.2) is 9.78 Å². The lowest BCUT2D eigenvalue weighted by Gasteiger charge is -2.08. The maximum Gasteiger partial charge on any atom is 0.358 e. The predicted octanol–water partition coefficient (Wildman–Crippen LogP) is 1.11. The molecule has 0 saturated carbocycles. The average Bonchev–Trinajstić information content (AvgIpc) is 2.72. The number of anilines is 1. The van der Waals surface area contributed by atoms with E-state index in [1.807, 2.05) is 19.0 Å². The van der Waals surface area contributed by atoms with Crippen LogP contribution in [-0.2, 0) is 4.74 Å². The Kier molecular flexibility index (Phi) is 5.24. The SMILES string of the molecule is COC(=O)c1nc(NCCN(C)C)sc1C(C)=O. The molecule has 1 N–H and O–H groups in total. The van der Waals surface area contributed by atoms with E-state index < -0.39 is 5.97 Å². The fourth-order valence-electron chi connectivity index (χ4n) is 1.26. The van der Waals surface area contributed by atoms with Crippen LogP contribution in [0.1, 0.15) is 27.1 Å². The largest absolute Gasteiger partial charge is 0.464 e. The van der Waals surface area contributed by atoms with Crippen molar-refractivity contribution in [3.63, 3.8) is 0 Å². The van der Waals surface area contributed by atoms with Crippen molar-refractivity contribution >= 4 is 28.2 Å². The molecule has 0 aliphatic carbocycles. The van der Waals surface area contributed by atoms with Crippen LogP contribution >= 0.6 is 11.3 Å². The van der Waals surface area contributed by atoms with Gasteiger partial charge in [-0.1, -0.05) is 11.3 Å². The molecular weight excluding hydrogens is 254 g/mol. The van der Waals surface area contributed by atoms with Gasteiger partial charge in [0, 0.05) is 20.0 Å². The number of ether oxygens (including phenoxy) is 1. The number of hydrogen-bond acceptors (Lipinski definition) is 7. The molecule has 0 aromatic carbocycles. The van der Waals surface area contributed by atoms with Crippen molar-refractivity contribution in [2.45, 2.75) is 6.92 Å². The third-order valence-electron chi connectivity index (χ3n) is 2.16. The molecule has 0 spiro atoms. The number of nitrogens with zero attached hydrogens (tertiary/aromatic N) is 2. The van der Waals surface area contributed by atoms with Crippen LogP contribution in [0.3, 0.4) is 0 Å². The molecule has 1 heterocycles. The molecule has 1 rings (SSSR count). The van der Waals surface area contributed by atoms with Gasteiger partial charge in [-0.2, -0.15) is 0 Å². The summed E-state index contributed by atoms with van der Waals surface area (Å²) in [6.07, 6.45) is 0. The molecule has 7 heteroatoms. The fraction of sp³-hybridized carbons (Fsp3) is 0.545. The smallest absolute Gasteiger partial charge is 0.358 e. The molecule has 0 aliphatic heterocycles. The van der Waals surface area contributed by atoms with Gasteiger partial charge < -0.3 is 15.0 Å². The summed E-state index contributed by atoms with van der Waals surface area (Å²) in [4.78, 5) is 29.3. The highest BCUT2D eigenvalue weighted by molar-refractivity contribution is 7.17. The van der Waals surface area contributed by atoms with Gasteiger partial charge in [0.05, 0.1) is 7.11 Å². The zero-order chi connectivity index (χ0) is 13.7. The molecule has 100 valence electrons. The van der Waals surface area contributed by atoms with Gasteiger partial charge in [-0.15, -0.1) is 0 Å². The number of nitrogens with one attached hydrogen (secondary N) is 1. The fourth-order valence-corrected chi connectivity index (χ4v) is 2.13. The minimum atomic E-state index is -0.586. The number of thiazole rings is 1. The van der Waals surface area contributed by atoms with Gasteiger partial charge in [0.15, 0.2) is 16.6 Å². The lowest BCUT2D eigenvalue weighted by Crippen LogP contribution is -2.20. The maximum atomic E-state index is 11.5. The van der Waals surface area contributed by atoms with E-state index in [2.05, 4.69) is 15.0 Å². The molecule has 0 amide bonds. The Morgan fingerprint density at radius 2 is 2.11 bits per heavy atom. The number of carbonyl (C=O) groups excluding carboxylic acids is 2. The second-order valence-electron chi connectivity index (χ2n) is 3.97. The van der Waals surface area contributed by atoms with Crippen LogP contribution in [0, 0.1) is 0 Å². The number of carbonyl (C=O) groups is 2. The quantitative estimate of drug-likeness (QED) is 0.617. The molecule has 1 aromatic heterocycles. The van der Waals surface area contributed by atoms with Crippen molar-refractivity contribution in [1.82, 2.24) is 9.88 Å². The molecule has 1 aromatic rings. The molecule has 0 radical (unpaired) electrons. The Balaban J connectivity index is 2.82. The molecule has 0 saturated heterocycles. The highest BCUT2D eigenvalue weighted by Crippen LogP contribution is 2.24. The number of ketones is 1. The second kappa shape index (κ2) is 6.46. The van der Waals surface area contributed by atoms with Gasteiger partial charge in [0.2, 0.25) is 0 Å². The Bertz CT molecular complexity index is 443. The molecule has 6 nitrogen and oxygen atoms in total. The van der Waals surface area contributed by atoms with Gasteiger partial charge in [0.1, 0.15) is 4.88 Å². The molecule has 18 heavy (non-hydrogen) atoms. The topological polar surface area (TPSA) is 71.5 Å². The number of rotatable bonds is 6. The number of hydrogen-bond donors (Lipinski definition) is 1. The van der Waals surface area contributed by atoms with Crippen molar-refractivity contribution < 1.29 is 14.3 Å². The van der Waals surface area contributed by atoms with Gasteiger partial charge in [0.25, 0.3) is 0 Å². The van der Waals surface area contributed by atoms with Crippen LogP contribution in [0.2, 0.25) is 0 Å². The third-order valence-corrected chi connectivity index (χ3v) is 3.27. The van der Waals surface area contributed by atoms with Crippen molar-refractivity contribution in [3.05, 3.63) is 10.6 Å². The van der Waals surface area contributed by atoms with Gasteiger partial charge in [-0.05, 0) is 14.1 Å². The van der Waals surface area contributed by atoms with Crippen LogP contribution < -0.4 is 5.32 Å². The van der Waals surface area contributed by atoms with E-state index in [9.17, 15) is 9.59 Å². The van der Waals surface area contributed by atoms with Gasteiger partial charge >= 0.3 is 5.97 Å². The maximum absolute atomic E-state index is 11.5. The van der Waals surface area contributed by atoms with E-state index in [0.29, 0.717) is 16.6 Å². The standard InChI is InChI=1S/C11H17N3O3S/c1-7(15)9-8(10(16)17-4)13-11(18-9)12-5-6-14(2)3/h5-6H2,1-4H3,(H,12,13). The molecule has 0 bridgehead atoms. The highest BCUT2D eigenvalue weighted by atomic mass is 32.1. The minimum Gasteiger partial charge on any atom is -0.464 e. The molecule has 0 aliphatic rings. The minimum absolute atomic E-state index is 0.0855. The summed E-state index contributed by atoms with van der Waals surface area (Å²) in [5.74, 6) is -0.773. The average molecular weight is 271 g/mol. The summed E-state index contributed by atoms with van der Waals surface area (Å²) in [6.45, 7) is 2.94. The van der Waals surface area contributed by atoms with Crippen LogP contribution in [-0.4, -0.2) is 55.9 Å². The van der Waals surface area contributed by atoms with E-state index in [0.717, 1.165) is 6.54 Å². The van der Waals surface area contributed by atoms with Crippen LogP contribution in [0.15, 0.2) is 0 Å². The van der Waals surface area contributed by atoms with Gasteiger partial charge in [-0.3, -0.25) is 4.79 Å². The Morgan fingerprint density at radius 3 is 2.61 bits per heavy atom. The highest BCUT2D eigenvalue weighted by Gasteiger charge is 2.21. The molecule has 0 atom stereocenters. The zero-order valence-electron chi connectivity index (χ0n) is 10.9. The first-order chi connectivity index (χ1) is 8.45. The number of aromatic nitrogens is 1. The molecular formula is C11H17N3O3S. The van der Waals surface area contributed by atoms with Crippen LogP contribution in [0.5, 0.6) is 0 Å². The van der Waals surface area contributed by atoms with Crippen LogP contribution in [0.4, 0.5) is 5.13 Å². The van der Waals surface area contributed by atoms with Crippen molar-refractivity contribution in [1.29, 1.82) is 0 Å². The first-order valence-corrected chi connectivity index (χ1v) is 6.26. The number of Topliss-reactive ketones (excluding diaryl/α,β-unsaturated/α-hetero) is 1. The Hall–Kier alpha value is -1.47. The first-order valence-electron chi connectivity index (χ1n) is 5.44. The lowest BCUT2D eigenvalue weighted by molar-refractivity contribution is 0.0591. The summed E-state index contributed by atoms with van der Waals surface area (Å²) in [5.41, 5.74) is 0.0855. The first kappa shape index (κ1) is 14.6. The van der Waals surface area contributed by atoms with E-state index in [1.165, 1.54) is 25.4 Å². The summed E-state index contributed by atoms with van der Waals surface area (Å²) >= 11 is 1.17. The Morgan fingerprint density at radius 1 is 1.44 bits per heavy atom.